The Labute approximate surface area is 114 Å². The summed E-state index contributed by atoms with van der Waals surface area (Å²) in [4.78, 5) is 18.2. The maximum absolute atomic E-state index is 12.4. The third kappa shape index (κ3) is 2.81. The minimum atomic E-state index is -0.0609. The third-order valence-electron chi connectivity index (χ3n) is 2.79. The van der Waals surface area contributed by atoms with E-state index in [1.54, 1.807) is 23.2 Å². The van der Waals surface area contributed by atoms with Crippen LogP contribution in [0.2, 0.25) is 0 Å². The molecule has 1 aliphatic rings. The Morgan fingerprint density at radius 3 is 3.28 bits per heavy atom. The number of aromatic nitrogens is 1. The van der Waals surface area contributed by atoms with Crippen LogP contribution in [0.3, 0.4) is 0 Å². The SMILES string of the molecule is COc1ncccc1C(=O)N1CCOC(CBr)C1. The van der Waals surface area contributed by atoms with Crippen molar-refractivity contribution in [1.82, 2.24) is 9.88 Å². The number of nitrogens with zero attached hydrogens (tertiary/aromatic N) is 2. The smallest absolute Gasteiger partial charge is 0.259 e. The highest BCUT2D eigenvalue weighted by Crippen LogP contribution is 2.18. The summed E-state index contributed by atoms with van der Waals surface area (Å²) in [5.41, 5.74) is 0.496. The molecule has 0 spiro atoms. The first kappa shape index (κ1) is 13.3. The predicted molar refractivity (Wildman–Crippen MR) is 70.2 cm³/mol. The van der Waals surface area contributed by atoms with E-state index in [4.69, 9.17) is 9.47 Å². The maximum Gasteiger partial charge on any atom is 0.259 e. The fourth-order valence-corrected chi connectivity index (χ4v) is 2.28. The van der Waals surface area contributed by atoms with Crippen LogP contribution in [0.1, 0.15) is 10.4 Å². The molecule has 1 atom stereocenters. The molecular formula is C12H15BrN2O3. The van der Waals surface area contributed by atoms with Gasteiger partial charge in [-0.15, -0.1) is 0 Å². The van der Waals surface area contributed by atoms with Crippen LogP contribution in [-0.4, -0.2) is 54.0 Å². The molecule has 98 valence electrons. The lowest BCUT2D eigenvalue weighted by Gasteiger charge is -2.32. The minimum absolute atomic E-state index is 0.0466. The number of halogens is 1. The topological polar surface area (TPSA) is 51.7 Å². The summed E-state index contributed by atoms with van der Waals surface area (Å²) in [6, 6.07) is 3.46. The van der Waals surface area contributed by atoms with Crippen LogP contribution in [0.4, 0.5) is 0 Å². The van der Waals surface area contributed by atoms with E-state index in [0.717, 1.165) is 5.33 Å². The second kappa shape index (κ2) is 6.15. The molecule has 5 nitrogen and oxygen atoms in total. The van der Waals surface area contributed by atoms with Crippen LogP contribution in [0.15, 0.2) is 18.3 Å². The summed E-state index contributed by atoms with van der Waals surface area (Å²) >= 11 is 3.37. The molecule has 2 heterocycles. The number of hydrogen-bond acceptors (Lipinski definition) is 4. The van der Waals surface area contributed by atoms with Gasteiger partial charge in [0.25, 0.3) is 5.91 Å². The van der Waals surface area contributed by atoms with Crippen molar-refractivity contribution in [3.05, 3.63) is 23.9 Å². The Morgan fingerprint density at radius 1 is 1.72 bits per heavy atom. The van der Waals surface area contributed by atoms with Crippen molar-refractivity contribution in [3.8, 4) is 5.88 Å². The van der Waals surface area contributed by atoms with E-state index >= 15 is 0 Å². The molecule has 1 aromatic heterocycles. The summed E-state index contributed by atoms with van der Waals surface area (Å²) in [5, 5.41) is 0.723. The van der Waals surface area contributed by atoms with Gasteiger partial charge in [0.15, 0.2) is 0 Å². The van der Waals surface area contributed by atoms with Crippen LogP contribution < -0.4 is 4.74 Å². The lowest BCUT2D eigenvalue weighted by molar-refractivity contribution is -0.00978. The van der Waals surface area contributed by atoms with Crippen molar-refractivity contribution < 1.29 is 14.3 Å². The van der Waals surface area contributed by atoms with Crippen molar-refractivity contribution in [1.29, 1.82) is 0 Å². The number of alkyl halides is 1. The fourth-order valence-electron chi connectivity index (χ4n) is 1.88. The largest absolute Gasteiger partial charge is 0.480 e. The number of morpholine rings is 1. The van der Waals surface area contributed by atoms with Crippen LogP contribution in [0, 0.1) is 0 Å². The molecule has 1 unspecified atom stereocenters. The van der Waals surface area contributed by atoms with Crippen LogP contribution >= 0.6 is 15.9 Å². The Bertz CT molecular complexity index is 428. The zero-order valence-electron chi connectivity index (χ0n) is 10.1. The standard InChI is InChI=1S/C12H15BrN2O3/c1-17-11-10(3-2-4-14-11)12(16)15-5-6-18-9(7-13)8-15/h2-4,9H,5-8H2,1H3. The lowest BCUT2D eigenvalue weighted by Crippen LogP contribution is -2.46. The molecule has 1 fully saturated rings. The Hall–Kier alpha value is -1.14. The highest BCUT2D eigenvalue weighted by molar-refractivity contribution is 9.09. The molecular weight excluding hydrogens is 300 g/mol. The molecule has 6 heteroatoms. The van der Waals surface area contributed by atoms with Gasteiger partial charge in [-0.3, -0.25) is 4.79 Å². The van der Waals surface area contributed by atoms with Gasteiger partial charge in [-0.2, -0.15) is 0 Å². The summed E-state index contributed by atoms with van der Waals surface area (Å²) in [5.74, 6) is 0.304. The average molecular weight is 315 g/mol. The van der Waals surface area contributed by atoms with Crippen molar-refractivity contribution >= 4 is 21.8 Å². The van der Waals surface area contributed by atoms with Gasteiger partial charge < -0.3 is 14.4 Å². The summed E-state index contributed by atoms with van der Waals surface area (Å²) in [6.07, 6.45) is 1.65. The van der Waals surface area contributed by atoms with Crippen molar-refractivity contribution in [3.63, 3.8) is 0 Å². The average Bonchev–Trinajstić information content (AvgIpc) is 2.46. The first-order valence-electron chi connectivity index (χ1n) is 5.72. The number of methoxy groups -OCH3 is 1. The Kier molecular flexibility index (Phi) is 4.54. The summed E-state index contributed by atoms with van der Waals surface area (Å²) < 4.78 is 10.6. The van der Waals surface area contributed by atoms with E-state index in [2.05, 4.69) is 20.9 Å². The van der Waals surface area contributed by atoms with Crippen molar-refractivity contribution in [2.75, 3.05) is 32.1 Å². The van der Waals surface area contributed by atoms with Crippen molar-refractivity contribution in [2.24, 2.45) is 0 Å². The number of amides is 1. The first-order valence-corrected chi connectivity index (χ1v) is 6.84. The molecule has 0 saturated carbocycles. The molecule has 0 aromatic carbocycles. The second-order valence-electron chi connectivity index (χ2n) is 3.96. The zero-order chi connectivity index (χ0) is 13.0. The van der Waals surface area contributed by atoms with Crippen LogP contribution in [0.5, 0.6) is 5.88 Å². The van der Waals surface area contributed by atoms with Gasteiger partial charge in [-0.1, -0.05) is 15.9 Å². The fraction of sp³-hybridized carbons (Fsp3) is 0.500. The van der Waals surface area contributed by atoms with Gasteiger partial charge in [0, 0.05) is 24.6 Å². The van der Waals surface area contributed by atoms with Crippen LogP contribution in [-0.2, 0) is 4.74 Å². The number of pyridine rings is 1. The molecule has 1 aliphatic heterocycles. The minimum Gasteiger partial charge on any atom is -0.480 e. The number of rotatable bonds is 3. The third-order valence-corrected chi connectivity index (χ3v) is 3.52. The summed E-state index contributed by atoms with van der Waals surface area (Å²) in [7, 11) is 1.51. The quantitative estimate of drug-likeness (QED) is 0.790. The van der Waals surface area contributed by atoms with Gasteiger partial charge in [-0.05, 0) is 12.1 Å². The van der Waals surface area contributed by atoms with Crippen LogP contribution in [0.25, 0.3) is 0 Å². The molecule has 0 aliphatic carbocycles. The highest BCUT2D eigenvalue weighted by Gasteiger charge is 2.26. The van der Waals surface area contributed by atoms with E-state index in [1.165, 1.54) is 7.11 Å². The number of carbonyl (C=O) groups excluding carboxylic acids is 1. The zero-order valence-corrected chi connectivity index (χ0v) is 11.7. The molecule has 18 heavy (non-hydrogen) atoms. The van der Waals surface area contributed by atoms with E-state index in [1.807, 2.05) is 0 Å². The molecule has 0 N–H and O–H groups in total. The molecule has 1 amide bonds. The van der Waals surface area contributed by atoms with Gasteiger partial charge >= 0.3 is 0 Å². The number of hydrogen-bond donors (Lipinski definition) is 0. The maximum atomic E-state index is 12.4. The molecule has 0 radical (unpaired) electrons. The van der Waals surface area contributed by atoms with Gasteiger partial charge in [0.05, 0.1) is 19.8 Å². The second-order valence-corrected chi connectivity index (χ2v) is 4.61. The molecule has 2 rings (SSSR count). The molecule has 1 saturated heterocycles. The molecule has 0 bridgehead atoms. The predicted octanol–water partition coefficient (Wildman–Crippen LogP) is 1.33. The van der Waals surface area contributed by atoms with Crippen molar-refractivity contribution in [2.45, 2.75) is 6.10 Å². The highest BCUT2D eigenvalue weighted by atomic mass is 79.9. The van der Waals surface area contributed by atoms with Gasteiger partial charge in [0.2, 0.25) is 5.88 Å². The van der Waals surface area contributed by atoms with E-state index < -0.39 is 0 Å². The van der Waals surface area contributed by atoms with Gasteiger partial charge in [0.1, 0.15) is 5.56 Å². The first-order chi connectivity index (χ1) is 8.76. The van der Waals surface area contributed by atoms with E-state index in [9.17, 15) is 4.79 Å². The number of carbonyl (C=O) groups is 1. The molecule has 1 aromatic rings. The normalized spacial score (nSPS) is 19.7. The van der Waals surface area contributed by atoms with Gasteiger partial charge in [-0.25, -0.2) is 4.98 Å². The monoisotopic (exact) mass is 314 g/mol. The Morgan fingerprint density at radius 2 is 2.56 bits per heavy atom. The summed E-state index contributed by atoms with van der Waals surface area (Å²) in [6.45, 7) is 1.74. The Balaban J connectivity index is 2.15. The lowest BCUT2D eigenvalue weighted by atomic mass is 10.2. The number of ether oxygens (including phenoxy) is 2. The van der Waals surface area contributed by atoms with E-state index in [0.29, 0.717) is 31.1 Å². The van der Waals surface area contributed by atoms with E-state index in [-0.39, 0.29) is 12.0 Å².